The zero-order valence-electron chi connectivity index (χ0n) is 10.1. The maximum Gasteiger partial charge on any atom is 0.129 e. The molecule has 0 aliphatic rings. The summed E-state index contributed by atoms with van der Waals surface area (Å²) in [5.41, 5.74) is 3.61. The molecular formula is C14H16FNO. The fraction of sp³-hybridized carbons (Fsp3) is 0.286. The van der Waals surface area contributed by atoms with E-state index < -0.39 is 0 Å². The second-order valence-corrected chi connectivity index (χ2v) is 4.28. The molecule has 0 bridgehead atoms. The third kappa shape index (κ3) is 2.94. The molecule has 90 valence electrons. The molecule has 0 amide bonds. The van der Waals surface area contributed by atoms with E-state index in [2.05, 4.69) is 5.32 Å². The minimum absolute atomic E-state index is 0.108. The van der Waals surface area contributed by atoms with Gasteiger partial charge in [0.1, 0.15) is 5.82 Å². The molecule has 3 heteroatoms. The van der Waals surface area contributed by atoms with Gasteiger partial charge in [0.25, 0.3) is 0 Å². The topological polar surface area (TPSA) is 25.2 Å². The molecule has 0 unspecified atom stereocenters. The van der Waals surface area contributed by atoms with Crippen molar-refractivity contribution < 1.29 is 8.81 Å². The quantitative estimate of drug-likeness (QED) is 0.876. The van der Waals surface area contributed by atoms with E-state index >= 15 is 0 Å². The van der Waals surface area contributed by atoms with Crippen LogP contribution >= 0.6 is 0 Å². The van der Waals surface area contributed by atoms with Crippen LogP contribution in [0.3, 0.4) is 0 Å². The molecule has 17 heavy (non-hydrogen) atoms. The van der Waals surface area contributed by atoms with Crippen LogP contribution in [0.25, 0.3) is 0 Å². The lowest BCUT2D eigenvalue weighted by Crippen LogP contribution is -2.12. The van der Waals surface area contributed by atoms with E-state index in [0.29, 0.717) is 11.1 Å². The van der Waals surface area contributed by atoms with E-state index in [4.69, 9.17) is 4.42 Å². The van der Waals surface area contributed by atoms with E-state index in [9.17, 15) is 4.39 Å². The molecule has 0 aliphatic heterocycles. The predicted octanol–water partition coefficient (Wildman–Crippen LogP) is 3.33. The van der Waals surface area contributed by atoms with E-state index in [1.54, 1.807) is 26.4 Å². The Labute approximate surface area is 100 Å². The van der Waals surface area contributed by atoms with E-state index in [1.165, 1.54) is 0 Å². The van der Waals surface area contributed by atoms with Crippen molar-refractivity contribution in [2.75, 3.05) is 0 Å². The molecule has 1 aromatic heterocycles. The van der Waals surface area contributed by atoms with Gasteiger partial charge >= 0.3 is 0 Å². The maximum atomic E-state index is 13.4. The highest BCUT2D eigenvalue weighted by Gasteiger charge is 2.04. The summed E-state index contributed by atoms with van der Waals surface area (Å²) in [6.07, 6.45) is 3.37. The summed E-state index contributed by atoms with van der Waals surface area (Å²) in [6, 6.07) is 5.68. The summed E-state index contributed by atoms with van der Waals surface area (Å²) < 4.78 is 18.4. The Morgan fingerprint density at radius 3 is 2.35 bits per heavy atom. The van der Waals surface area contributed by atoms with E-state index in [0.717, 1.165) is 24.2 Å². The zero-order valence-corrected chi connectivity index (χ0v) is 10.1. The molecule has 0 saturated heterocycles. The molecule has 0 fully saturated rings. The maximum absolute atomic E-state index is 13.4. The van der Waals surface area contributed by atoms with Gasteiger partial charge in [-0.3, -0.25) is 0 Å². The second kappa shape index (κ2) is 5.15. The van der Waals surface area contributed by atoms with Crippen LogP contribution < -0.4 is 5.32 Å². The summed E-state index contributed by atoms with van der Waals surface area (Å²) in [6.45, 7) is 5.07. The van der Waals surface area contributed by atoms with Crippen molar-refractivity contribution >= 4 is 0 Å². The lowest BCUT2D eigenvalue weighted by atomic mass is 10.1. The van der Waals surface area contributed by atoms with E-state index in [1.807, 2.05) is 18.2 Å². The molecule has 0 radical (unpaired) electrons. The van der Waals surface area contributed by atoms with Crippen LogP contribution in [0.2, 0.25) is 0 Å². The molecule has 2 nitrogen and oxygen atoms in total. The Morgan fingerprint density at radius 1 is 1.12 bits per heavy atom. The molecule has 0 aliphatic carbocycles. The number of furan rings is 1. The normalized spacial score (nSPS) is 10.8. The van der Waals surface area contributed by atoms with Crippen LogP contribution in [0, 0.1) is 19.7 Å². The second-order valence-electron chi connectivity index (χ2n) is 4.28. The Hall–Kier alpha value is -1.61. The molecular weight excluding hydrogens is 217 g/mol. The molecule has 2 aromatic rings. The summed E-state index contributed by atoms with van der Waals surface area (Å²) in [4.78, 5) is 0. The number of halogens is 1. The zero-order chi connectivity index (χ0) is 12.3. The van der Waals surface area contributed by atoms with Crippen LogP contribution in [0.4, 0.5) is 4.39 Å². The van der Waals surface area contributed by atoms with Crippen LogP contribution in [-0.4, -0.2) is 0 Å². The first-order chi connectivity index (χ1) is 8.16. The monoisotopic (exact) mass is 233 g/mol. The Morgan fingerprint density at radius 2 is 1.76 bits per heavy atom. The van der Waals surface area contributed by atoms with Gasteiger partial charge in [-0.15, -0.1) is 0 Å². The number of hydrogen-bond donors (Lipinski definition) is 1. The summed E-state index contributed by atoms with van der Waals surface area (Å²) >= 11 is 0. The molecule has 1 N–H and O–H groups in total. The number of rotatable bonds is 4. The fourth-order valence-electron chi connectivity index (χ4n) is 1.88. The molecule has 0 saturated carbocycles. The van der Waals surface area contributed by atoms with Crippen molar-refractivity contribution in [1.82, 2.24) is 5.32 Å². The van der Waals surface area contributed by atoms with Gasteiger partial charge in [0.05, 0.1) is 12.5 Å². The first-order valence-corrected chi connectivity index (χ1v) is 5.64. The molecule has 0 atom stereocenters. The largest absolute Gasteiger partial charge is 0.472 e. The Bertz CT molecular complexity index is 468. The highest BCUT2D eigenvalue weighted by atomic mass is 19.1. The fourth-order valence-corrected chi connectivity index (χ4v) is 1.88. The van der Waals surface area contributed by atoms with Crippen molar-refractivity contribution in [3.63, 3.8) is 0 Å². The smallest absolute Gasteiger partial charge is 0.129 e. The Balaban J connectivity index is 1.95. The van der Waals surface area contributed by atoms with Gasteiger partial charge < -0.3 is 9.73 Å². The van der Waals surface area contributed by atoms with Gasteiger partial charge in [0.15, 0.2) is 0 Å². The van der Waals surface area contributed by atoms with Crippen LogP contribution in [0.1, 0.15) is 22.3 Å². The first-order valence-electron chi connectivity index (χ1n) is 5.64. The molecule has 1 heterocycles. The molecule has 2 rings (SSSR count). The highest BCUT2D eigenvalue weighted by Crippen LogP contribution is 2.14. The minimum atomic E-state index is -0.108. The van der Waals surface area contributed by atoms with Gasteiger partial charge in [0, 0.05) is 18.7 Å². The van der Waals surface area contributed by atoms with Crippen LogP contribution in [0.5, 0.6) is 0 Å². The van der Waals surface area contributed by atoms with Crippen LogP contribution in [0.15, 0.2) is 35.1 Å². The van der Waals surface area contributed by atoms with Crippen molar-refractivity contribution in [1.29, 1.82) is 0 Å². The summed E-state index contributed by atoms with van der Waals surface area (Å²) in [5.74, 6) is -0.108. The van der Waals surface area contributed by atoms with Crippen molar-refractivity contribution in [2.45, 2.75) is 26.9 Å². The average molecular weight is 233 g/mol. The lowest BCUT2D eigenvalue weighted by Gasteiger charge is -2.07. The van der Waals surface area contributed by atoms with Crippen molar-refractivity contribution in [2.24, 2.45) is 0 Å². The number of hydrogen-bond acceptors (Lipinski definition) is 2. The molecule has 1 aromatic carbocycles. The van der Waals surface area contributed by atoms with Gasteiger partial charge in [-0.25, -0.2) is 4.39 Å². The lowest BCUT2D eigenvalue weighted by molar-refractivity contribution is 0.560. The van der Waals surface area contributed by atoms with Gasteiger partial charge in [0.2, 0.25) is 0 Å². The Kier molecular flexibility index (Phi) is 3.59. The average Bonchev–Trinajstić information content (AvgIpc) is 2.79. The SMILES string of the molecule is Cc1cc(CNCc2ccoc2)cc(C)c1F. The first kappa shape index (κ1) is 11.9. The number of nitrogens with one attached hydrogen (secondary N) is 1. The standard InChI is InChI=1S/C14H16FNO/c1-10-5-13(6-11(2)14(10)15)8-16-7-12-3-4-17-9-12/h3-6,9,16H,7-8H2,1-2H3. The highest BCUT2D eigenvalue weighted by molar-refractivity contribution is 5.30. The number of benzene rings is 1. The summed E-state index contributed by atoms with van der Waals surface area (Å²) in [7, 11) is 0. The van der Waals surface area contributed by atoms with Crippen molar-refractivity contribution in [3.05, 3.63) is 58.8 Å². The minimum Gasteiger partial charge on any atom is -0.472 e. The van der Waals surface area contributed by atoms with Crippen LogP contribution in [-0.2, 0) is 13.1 Å². The number of aryl methyl sites for hydroxylation is 2. The van der Waals surface area contributed by atoms with Gasteiger partial charge in [-0.1, -0.05) is 12.1 Å². The van der Waals surface area contributed by atoms with Gasteiger partial charge in [-0.05, 0) is 36.6 Å². The van der Waals surface area contributed by atoms with E-state index in [-0.39, 0.29) is 5.82 Å². The van der Waals surface area contributed by atoms with Crippen molar-refractivity contribution in [3.8, 4) is 0 Å². The van der Waals surface area contributed by atoms with Gasteiger partial charge in [-0.2, -0.15) is 0 Å². The predicted molar refractivity (Wildman–Crippen MR) is 65.1 cm³/mol. The molecule has 0 spiro atoms. The summed E-state index contributed by atoms with van der Waals surface area (Å²) in [5, 5.41) is 3.30. The third-order valence-electron chi connectivity index (χ3n) is 2.73. The third-order valence-corrected chi connectivity index (χ3v) is 2.73.